The van der Waals surface area contributed by atoms with E-state index >= 15 is 0 Å². The molecule has 0 saturated carbocycles. The molecule has 7 heteroatoms. The van der Waals surface area contributed by atoms with Gasteiger partial charge in [0.05, 0.1) is 16.7 Å². The van der Waals surface area contributed by atoms with Crippen LogP contribution in [0.3, 0.4) is 0 Å². The van der Waals surface area contributed by atoms with Gasteiger partial charge in [-0.15, -0.1) is 11.3 Å². The lowest BCUT2D eigenvalue weighted by Gasteiger charge is -2.04. The standard InChI is InChI=1S/C12H13ClN4OS/c1-14-11-7-16-9(6-17-11)12(18)15-5-4-8-2-3-10(13)19-8/h2-3,6-7H,4-5H2,1H3,(H,14,17)(H,15,18). The Hall–Kier alpha value is -1.66. The van der Waals surface area contributed by atoms with Gasteiger partial charge in [-0.05, 0) is 18.6 Å². The summed E-state index contributed by atoms with van der Waals surface area (Å²) in [5, 5.41) is 5.64. The number of carbonyl (C=O) groups is 1. The average molecular weight is 297 g/mol. The molecule has 0 bridgehead atoms. The van der Waals surface area contributed by atoms with Crippen LogP contribution in [0.5, 0.6) is 0 Å². The molecular formula is C12H13ClN4OS. The third-order valence-electron chi connectivity index (χ3n) is 2.43. The molecule has 0 fully saturated rings. The predicted octanol–water partition coefficient (Wildman–Crippen LogP) is 2.21. The van der Waals surface area contributed by atoms with E-state index in [0.717, 1.165) is 15.6 Å². The fraction of sp³-hybridized carbons (Fsp3) is 0.250. The molecule has 0 aliphatic carbocycles. The van der Waals surface area contributed by atoms with Gasteiger partial charge in [-0.1, -0.05) is 11.6 Å². The Morgan fingerprint density at radius 1 is 1.37 bits per heavy atom. The van der Waals surface area contributed by atoms with Crippen LogP contribution in [0.4, 0.5) is 5.82 Å². The fourth-order valence-electron chi connectivity index (χ4n) is 1.45. The van der Waals surface area contributed by atoms with E-state index in [4.69, 9.17) is 11.6 Å². The second kappa shape index (κ2) is 6.49. The number of rotatable bonds is 5. The molecule has 0 aromatic carbocycles. The molecule has 0 aliphatic heterocycles. The van der Waals surface area contributed by atoms with Crippen molar-refractivity contribution in [3.63, 3.8) is 0 Å². The molecule has 0 aliphatic rings. The third-order valence-corrected chi connectivity index (χ3v) is 3.72. The molecule has 1 amide bonds. The lowest BCUT2D eigenvalue weighted by atomic mass is 10.3. The van der Waals surface area contributed by atoms with Crippen molar-refractivity contribution < 1.29 is 4.79 Å². The van der Waals surface area contributed by atoms with Crippen molar-refractivity contribution >= 4 is 34.7 Å². The Kier molecular flexibility index (Phi) is 4.70. The minimum absolute atomic E-state index is 0.224. The third kappa shape index (κ3) is 3.90. The molecule has 0 spiro atoms. The molecule has 19 heavy (non-hydrogen) atoms. The molecule has 0 radical (unpaired) electrons. The summed E-state index contributed by atoms with van der Waals surface area (Å²) < 4.78 is 0.759. The summed E-state index contributed by atoms with van der Waals surface area (Å²) in [5.74, 6) is 0.405. The van der Waals surface area contributed by atoms with E-state index < -0.39 is 0 Å². The van der Waals surface area contributed by atoms with Gasteiger partial charge >= 0.3 is 0 Å². The molecule has 2 aromatic rings. The minimum atomic E-state index is -0.224. The Morgan fingerprint density at radius 3 is 2.79 bits per heavy atom. The highest BCUT2D eigenvalue weighted by molar-refractivity contribution is 7.16. The second-order valence-electron chi connectivity index (χ2n) is 3.75. The van der Waals surface area contributed by atoms with Crippen molar-refractivity contribution in [1.29, 1.82) is 0 Å². The molecule has 2 rings (SSSR count). The van der Waals surface area contributed by atoms with Crippen molar-refractivity contribution in [3.05, 3.63) is 39.4 Å². The van der Waals surface area contributed by atoms with Gasteiger partial charge in [0.15, 0.2) is 0 Å². The Balaban J connectivity index is 1.83. The van der Waals surface area contributed by atoms with Crippen molar-refractivity contribution in [2.24, 2.45) is 0 Å². The number of halogens is 1. The predicted molar refractivity (Wildman–Crippen MR) is 76.9 cm³/mol. The van der Waals surface area contributed by atoms with E-state index in [9.17, 15) is 4.79 Å². The molecule has 0 unspecified atom stereocenters. The number of amides is 1. The van der Waals surface area contributed by atoms with Gasteiger partial charge in [0, 0.05) is 18.5 Å². The van der Waals surface area contributed by atoms with Gasteiger partial charge < -0.3 is 10.6 Å². The molecule has 2 heterocycles. The number of aromatic nitrogens is 2. The van der Waals surface area contributed by atoms with Gasteiger partial charge in [0.1, 0.15) is 11.5 Å². The maximum Gasteiger partial charge on any atom is 0.271 e. The van der Waals surface area contributed by atoms with Crippen LogP contribution in [-0.2, 0) is 6.42 Å². The Labute approximate surface area is 120 Å². The van der Waals surface area contributed by atoms with Gasteiger partial charge in [0.2, 0.25) is 0 Å². The van der Waals surface area contributed by atoms with Crippen LogP contribution in [-0.4, -0.2) is 29.5 Å². The molecule has 100 valence electrons. The molecule has 0 atom stereocenters. The normalized spacial score (nSPS) is 10.2. The van der Waals surface area contributed by atoms with E-state index in [2.05, 4.69) is 20.6 Å². The first kappa shape index (κ1) is 13.8. The molecule has 2 aromatic heterocycles. The lowest BCUT2D eigenvalue weighted by molar-refractivity contribution is 0.0949. The van der Waals surface area contributed by atoms with E-state index in [1.54, 1.807) is 7.05 Å². The SMILES string of the molecule is CNc1cnc(C(=O)NCCc2ccc(Cl)s2)cn1. The van der Waals surface area contributed by atoms with Crippen LogP contribution < -0.4 is 10.6 Å². The smallest absolute Gasteiger partial charge is 0.271 e. The zero-order chi connectivity index (χ0) is 13.7. The largest absolute Gasteiger partial charge is 0.372 e. The maximum atomic E-state index is 11.8. The van der Waals surface area contributed by atoms with E-state index in [-0.39, 0.29) is 5.91 Å². The Morgan fingerprint density at radius 2 is 2.21 bits per heavy atom. The van der Waals surface area contributed by atoms with E-state index in [0.29, 0.717) is 18.1 Å². The summed E-state index contributed by atoms with van der Waals surface area (Å²) in [4.78, 5) is 21.0. The van der Waals surface area contributed by atoms with E-state index in [1.165, 1.54) is 23.7 Å². The first-order valence-corrected chi connectivity index (χ1v) is 6.90. The molecule has 0 saturated heterocycles. The number of nitrogens with one attached hydrogen (secondary N) is 2. The fourth-order valence-corrected chi connectivity index (χ4v) is 2.54. The number of hydrogen-bond acceptors (Lipinski definition) is 5. The van der Waals surface area contributed by atoms with Gasteiger partial charge in [-0.3, -0.25) is 4.79 Å². The summed E-state index contributed by atoms with van der Waals surface area (Å²) in [6.07, 6.45) is 3.72. The van der Waals surface area contributed by atoms with Crippen molar-refractivity contribution in [2.75, 3.05) is 18.9 Å². The first-order chi connectivity index (χ1) is 9.19. The molecule has 5 nitrogen and oxygen atoms in total. The highest BCUT2D eigenvalue weighted by atomic mass is 35.5. The van der Waals surface area contributed by atoms with Crippen LogP contribution >= 0.6 is 22.9 Å². The van der Waals surface area contributed by atoms with Gasteiger partial charge in [-0.25, -0.2) is 9.97 Å². The van der Waals surface area contributed by atoms with Gasteiger partial charge in [0.25, 0.3) is 5.91 Å². The van der Waals surface area contributed by atoms with Crippen molar-refractivity contribution in [1.82, 2.24) is 15.3 Å². The highest BCUT2D eigenvalue weighted by Crippen LogP contribution is 2.21. The molecule has 2 N–H and O–H groups in total. The van der Waals surface area contributed by atoms with Crippen LogP contribution in [0.15, 0.2) is 24.5 Å². The number of hydrogen-bond donors (Lipinski definition) is 2. The summed E-state index contributed by atoms with van der Waals surface area (Å²) in [5.41, 5.74) is 0.309. The number of carbonyl (C=O) groups excluding carboxylic acids is 1. The Bertz CT molecular complexity index is 555. The number of anilines is 1. The molecular weight excluding hydrogens is 284 g/mol. The summed E-state index contributed by atoms with van der Waals surface area (Å²) in [7, 11) is 1.75. The summed E-state index contributed by atoms with van der Waals surface area (Å²) in [6.45, 7) is 0.547. The highest BCUT2D eigenvalue weighted by Gasteiger charge is 2.07. The van der Waals surface area contributed by atoms with Crippen LogP contribution in [0.25, 0.3) is 0 Å². The van der Waals surface area contributed by atoms with Crippen LogP contribution in [0.2, 0.25) is 4.34 Å². The average Bonchev–Trinajstić information content (AvgIpc) is 2.84. The monoisotopic (exact) mass is 296 g/mol. The van der Waals surface area contributed by atoms with Gasteiger partial charge in [-0.2, -0.15) is 0 Å². The quantitative estimate of drug-likeness (QED) is 0.888. The zero-order valence-corrected chi connectivity index (χ0v) is 11.9. The second-order valence-corrected chi connectivity index (χ2v) is 5.55. The number of thiophene rings is 1. The van der Waals surface area contributed by atoms with Crippen LogP contribution in [0.1, 0.15) is 15.4 Å². The minimum Gasteiger partial charge on any atom is -0.372 e. The topological polar surface area (TPSA) is 66.9 Å². The lowest BCUT2D eigenvalue weighted by Crippen LogP contribution is -2.26. The zero-order valence-electron chi connectivity index (χ0n) is 10.3. The summed E-state index contributed by atoms with van der Waals surface area (Å²) in [6, 6.07) is 3.81. The maximum absolute atomic E-state index is 11.8. The van der Waals surface area contributed by atoms with Crippen LogP contribution in [0, 0.1) is 0 Å². The summed E-state index contributed by atoms with van der Waals surface area (Å²) >= 11 is 7.35. The van der Waals surface area contributed by atoms with Crippen molar-refractivity contribution in [3.8, 4) is 0 Å². The number of nitrogens with zero attached hydrogens (tertiary/aromatic N) is 2. The first-order valence-electron chi connectivity index (χ1n) is 5.71. The van der Waals surface area contributed by atoms with E-state index in [1.807, 2.05) is 12.1 Å². The van der Waals surface area contributed by atoms with Crippen molar-refractivity contribution in [2.45, 2.75) is 6.42 Å².